The van der Waals surface area contributed by atoms with E-state index < -0.39 is 0 Å². The van der Waals surface area contributed by atoms with Gasteiger partial charge in [0.25, 0.3) is 5.91 Å². The molecule has 1 aromatic carbocycles. The molecule has 1 heterocycles. The number of nitrogens with zero attached hydrogens (tertiary/aromatic N) is 2. The molecule has 1 aromatic heterocycles. The predicted molar refractivity (Wildman–Crippen MR) is 87.8 cm³/mol. The summed E-state index contributed by atoms with van der Waals surface area (Å²) in [5.41, 5.74) is 2.74. The monoisotopic (exact) mass is 298 g/mol. The lowest BCUT2D eigenvalue weighted by molar-refractivity contribution is 0.0933. The van der Waals surface area contributed by atoms with E-state index in [1.54, 1.807) is 12.1 Å². The first-order valence-corrected chi connectivity index (χ1v) is 7.52. The number of anilines is 1. The van der Waals surface area contributed by atoms with E-state index >= 15 is 0 Å². The van der Waals surface area contributed by atoms with Gasteiger partial charge in [-0.15, -0.1) is 10.2 Å². The van der Waals surface area contributed by atoms with Crippen molar-refractivity contribution in [2.75, 3.05) is 5.32 Å². The lowest BCUT2D eigenvalue weighted by Crippen LogP contribution is -2.32. The second kappa shape index (κ2) is 7.54. The van der Waals surface area contributed by atoms with Gasteiger partial charge in [-0.1, -0.05) is 36.8 Å². The van der Waals surface area contributed by atoms with Crippen molar-refractivity contribution in [3.63, 3.8) is 0 Å². The fourth-order valence-electron chi connectivity index (χ4n) is 1.85. The van der Waals surface area contributed by atoms with Gasteiger partial charge in [-0.3, -0.25) is 4.79 Å². The summed E-state index contributed by atoms with van der Waals surface area (Å²) in [7, 11) is 0. The Kier molecular flexibility index (Phi) is 5.47. The SMILES string of the molecule is CCC(C)NC(=O)c1ccc(NCc2ccc(C)cc2)nn1. The highest BCUT2D eigenvalue weighted by Crippen LogP contribution is 2.07. The molecule has 1 unspecified atom stereocenters. The third kappa shape index (κ3) is 4.55. The quantitative estimate of drug-likeness (QED) is 0.860. The molecule has 2 aromatic rings. The lowest BCUT2D eigenvalue weighted by Gasteiger charge is -2.10. The molecule has 116 valence electrons. The molecule has 0 bridgehead atoms. The van der Waals surface area contributed by atoms with Gasteiger partial charge in [0.15, 0.2) is 5.69 Å². The Labute approximate surface area is 131 Å². The zero-order chi connectivity index (χ0) is 15.9. The van der Waals surface area contributed by atoms with Crippen LogP contribution in [0.15, 0.2) is 36.4 Å². The van der Waals surface area contributed by atoms with Crippen LogP contribution >= 0.6 is 0 Å². The van der Waals surface area contributed by atoms with Crippen molar-refractivity contribution in [2.24, 2.45) is 0 Å². The minimum Gasteiger partial charge on any atom is -0.365 e. The summed E-state index contributed by atoms with van der Waals surface area (Å²) in [6.45, 7) is 6.72. The first-order valence-electron chi connectivity index (χ1n) is 7.52. The van der Waals surface area contributed by atoms with Crippen molar-refractivity contribution >= 4 is 11.7 Å². The zero-order valence-corrected chi connectivity index (χ0v) is 13.3. The molecule has 0 fully saturated rings. The Morgan fingerprint density at radius 2 is 1.86 bits per heavy atom. The summed E-state index contributed by atoms with van der Waals surface area (Å²) < 4.78 is 0. The molecule has 2 rings (SSSR count). The molecule has 1 atom stereocenters. The van der Waals surface area contributed by atoms with Gasteiger partial charge in [0, 0.05) is 12.6 Å². The van der Waals surface area contributed by atoms with Crippen LogP contribution in [0.2, 0.25) is 0 Å². The topological polar surface area (TPSA) is 66.9 Å². The minimum atomic E-state index is -0.188. The first-order chi connectivity index (χ1) is 10.6. The van der Waals surface area contributed by atoms with Gasteiger partial charge in [0.05, 0.1) is 0 Å². The fourth-order valence-corrected chi connectivity index (χ4v) is 1.85. The Hall–Kier alpha value is -2.43. The number of amides is 1. The van der Waals surface area contributed by atoms with Gasteiger partial charge >= 0.3 is 0 Å². The zero-order valence-electron chi connectivity index (χ0n) is 13.3. The van der Waals surface area contributed by atoms with Crippen LogP contribution in [0.5, 0.6) is 0 Å². The molecule has 0 aliphatic carbocycles. The van der Waals surface area contributed by atoms with Gasteiger partial charge in [-0.25, -0.2) is 0 Å². The van der Waals surface area contributed by atoms with Crippen molar-refractivity contribution in [2.45, 2.75) is 39.8 Å². The molecule has 0 aliphatic heterocycles. The van der Waals surface area contributed by atoms with Crippen molar-refractivity contribution in [3.8, 4) is 0 Å². The number of carbonyl (C=O) groups is 1. The van der Waals surface area contributed by atoms with Gasteiger partial charge in [0.1, 0.15) is 5.82 Å². The Bertz CT molecular complexity index is 608. The van der Waals surface area contributed by atoms with Crippen LogP contribution in [0.25, 0.3) is 0 Å². The van der Waals surface area contributed by atoms with Crippen molar-refractivity contribution in [3.05, 3.63) is 53.2 Å². The maximum atomic E-state index is 11.9. The van der Waals surface area contributed by atoms with Crippen molar-refractivity contribution in [1.82, 2.24) is 15.5 Å². The summed E-state index contributed by atoms with van der Waals surface area (Å²) in [4.78, 5) is 11.9. The molecular weight excluding hydrogens is 276 g/mol. The summed E-state index contributed by atoms with van der Waals surface area (Å²) in [6.07, 6.45) is 0.884. The van der Waals surface area contributed by atoms with E-state index in [-0.39, 0.29) is 11.9 Å². The molecule has 5 nitrogen and oxygen atoms in total. The maximum absolute atomic E-state index is 11.9. The van der Waals surface area contributed by atoms with Gasteiger partial charge in [0.2, 0.25) is 0 Å². The third-order valence-corrected chi connectivity index (χ3v) is 3.48. The van der Waals surface area contributed by atoms with Crippen LogP contribution in [0.1, 0.15) is 41.9 Å². The van der Waals surface area contributed by atoms with Gasteiger partial charge in [-0.2, -0.15) is 0 Å². The van der Waals surface area contributed by atoms with E-state index in [4.69, 9.17) is 0 Å². The highest BCUT2D eigenvalue weighted by atomic mass is 16.2. The van der Waals surface area contributed by atoms with Crippen LogP contribution in [0.4, 0.5) is 5.82 Å². The van der Waals surface area contributed by atoms with E-state index in [2.05, 4.69) is 52.0 Å². The van der Waals surface area contributed by atoms with E-state index in [0.717, 1.165) is 6.42 Å². The first kappa shape index (κ1) is 15.9. The summed E-state index contributed by atoms with van der Waals surface area (Å²) in [6, 6.07) is 11.9. The van der Waals surface area contributed by atoms with Crippen LogP contribution in [-0.4, -0.2) is 22.1 Å². The fraction of sp³-hybridized carbons (Fsp3) is 0.353. The molecule has 22 heavy (non-hydrogen) atoms. The van der Waals surface area contributed by atoms with E-state index in [9.17, 15) is 4.79 Å². The summed E-state index contributed by atoms with van der Waals surface area (Å²) >= 11 is 0. The average molecular weight is 298 g/mol. The number of benzene rings is 1. The van der Waals surface area contributed by atoms with E-state index in [1.807, 2.05) is 13.8 Å². The van der Waals surface area contributed by atoms with E-state index in [1.165, 1.54) is 11.1 Å². The van der Waals surface area contributed by atoms with Crippen LogP contribution < -0.4 is 10.6 Å². The number of carbonyl (C=O) groups excluding carboxylic acids is 1. The number of nitrogens with one attached hydrogen (secondary N) is 2. The van der Waals surface area contributed by atoms with E-state index in [0.29, 0.717) is 18.1 Å². The molecule has 2 N–H and O–H groups in total. The average Bonchev–Trinajstić information content (AvgIpc) is 2.54. The molecule has 0 saturated carbocycles. The number of rotatable bonds is 6. The molecule has 0 spiro atoms. The van der Waals surface area contributed by atoms with Crippen molar-refractivity contribution in [1.29, 1.82) is 0 Å². The van der Waals surface area contributed by atoms with Crippen LogP contribution in [-0.2, 0) is 6.54 Å². The maximum Gasteiger partial charge on any atom is 0.272 e. The number of aromatic nitrogens is 2. The second-order valence-corrected chi connectivity index (χ2v) is 5.43. The summed E-state index contributed by atoms with van der Waals surface area (Å²) in [5.74, 6) is 0.465. The van der Waals surface area contributed by atoms with Crippen LogP contribution in [0, 0.1) is 6.92 Å². The Morgan fingerprint density at radius 3 is 2.45 bits per heavy atom. The number of hydrogen-bond acceptors (Lipinski definition) is 4. The van der Waals surface area contributed by atoms with Gasteiger partial charge in [-0.05, 0) is 38.0 Å². The molecule has 0 saturated heterocycles. The standard InChI is InChI=1S/C17H22N4O/c1-4-13(3)19-17(22)15-9-10-16(21-20-15)18-11-14-7-5-12(2)6-8-14/h5-10,13H,4,11H2,1-3H3,(H,18,21)(H,19,22). The third-order valence-electron chi connectivity index (χ3n) is 3.48. The van der Waals surface area contributed by atoms with Crippen LogP contribution in [0.3, 0.4) is 0 Å². The Balaban J connectivity index is 1.91. The lowest BCUT2D eigenvalue weighted by atomic mass is 10.1. The Morgan fingerprint density at radius 1 is 1.14 bits per heavy atom. The van der Waals surface area contributed by atoms with Crippen molar-refractivity contribution < 1.29 is 4.79 Å². The number of aryl methyl sites for hydroxylation is 1. The normalized spacial score (nSPS) is 11.8. The highest BCUT2D eigenvalue weighted by Gasteiger charge is 2.10. The molecule has 1 amide bonds. The molecule has 5 heteroatoms. The largest absolute Gasteiger partial charge is 0.365 e. The highest BCUT2D eigenvalue weighted by molar-refractivity contribution is 5.92. The molecule has 0 aliphatic rings. The minimum absolute atomic E-state index is 0.133. The smallest absolute Gasteiger partial charge is 0.272 e. The van der Waals surface area contributed by atoms with Gasteiger partial charge < -0.3 is 10.6 Å². The molecule has 0 radical (unpaired) electrons. The second-order valence-electron chi connectivity index (χ2n) is 5.43. The predicted octanol–water partition coefficient (Wildman–Crippen LogP) is 2.93. The number of hydrogen-bond donors (Lipinski definition) is 2. The summed E-state index contributed by atoms with van der Waals surface area (Å²) in [5, 5.41) is 14.1. The molecular formula is C17H22N4O.